The highest BCUT2D eigenvalue weighted by molar-refractivity contribution is 7.22. The Morgan fingerprint density at radius 2 is 2.00 bits per heavy atom. The third kappa shape index (κ3) is 3.19. The minimum atomic E-state index is -0.417. The van der Waals surface area contributed by atoms with Crippen LogP contribution >= 0.6 is 22.9 Å². The molecule has 0 saturated carbocycles. The Hall–Kier alpha value is -2.11. The van der Waals surface area contributed by atoms with Crippen LogP contribution in [0.15, 0.2) is 24.3 Å². The summed E-state index contributed by atoms with van der Waals surface area (Å²) in [6, 6.07) is 8.45. The number of nitrogens with zero attached hydrogens (tertiary/aromatic N) is 2. The number of carbonyl (C=O) groups is 1. The van der Waals surface area contributed by atoms with E-state index in [1.807, 2.05) is 19.9 Å². The van der Waals surface area contributed by atoms with E-state index < -0.39 is 5.60 Å². The van der Waals surface area contributed by atoms with Crippen molar-refractivity contribution in [2.75, 3.05) is 18.0 Å². The fraction of sp³-hybridized carbons (Fsp3) is 0.417. The van der Waals surface area contributed by atoms with Gasteiger partial charge in [-0.25, -0.2) is 4.98 Å². The van der Waals surface area contributed by atoms with E-state index in [0.29, 0.717) is 22.8 Å². The highest BCUT2D eigenvalue weighted by atomic mass is 35.5. The lowest BCUT2D eigenvalue weighted by atomic mass is 9.81. The van der Waals surface area contributed by atoms with Crippen LogP contribution in [0.4, 0.5) is 5.13 Å². The second-order valence-electron chi connectivity index (χ2n) is 8.53. The van der Waals surface area contributed by atoms with Crippen molar-refractivity contribution in [3.8, 4) is 5.75 Å². The van der Waals surface area contributed by atoms with Crippen LogP contribution in [0.25, 0.3) is 10.2 Å². The molecular formula is C24H25ClN2O2S. The van der Waals surface area contributed by atoms with Crippen molar-refractivity contribution in [3.63, 3.8) is 0 Å². The third-order valence-corrected chi connectivity index (χ3v) is 8.19. The van der Waals surface area contributed by atoms with Crippen LogP contribution in [0.2, 0.25) is 5.02 Å². The van der Waals surface area contributed by atoms with Gasteiger partial charge in [-0.05, 0) is 55.2 Å². The number of Topliss-reactive ketones (excluding diaryl/α,β-unsaturated/α-hetero) is 1. The maximum Gasteiger partial charge on any atom is 0.186 e. The molecule has 1 spiro atoms. The zero-order chi connectivity index (χ0) is 21.0. The second-order valence-corrected chi connectivity index (χ2v) is 9.92. The van der Waals surface area contributed by atoms with Crippen LogP contribution in [-0.2, 0) is 6.42 Å². The number of aromatic nitrogens is 1. The molecule has 0 N–H and O–H groups in total. The summed E-state index contributed by atoms with van der Waals surface area (Å²) in [7, 11) is 0. The average molecular weight is 441 g/mol. The number of thiazole rings is 1. The van der Waals surface area contributed by atoms with E-state index in [-0.39, 0.29) is 5.78 Å². The van der Waals surface area contributed by atoms with Crippen molar-refractivity contribution in [2.24, 2.45) is 0 Å². The lowest BCUT2D eigenvalue weighted by molar-refractivity contribution is 0.0230. The molecule has 1 aromatic heterocycles. The molecule has 2 aromatic carbocycles. The van der Waals surface area contributed by atoms with Gasteiger partial charge in [0.15, 0.2) is 10.9 Å². The Kier molecular flexibility index (Phi) is 4.79. The first-order chi connectivity index (χ1) is 14.4. The van der Waals surface area contributed by atoms with Gasteiger partial charge in [0.2, 0.25) is 0 Å². The van der Waals surface area contributed by atoms with Crippen LogP contribution in [0.1, 0.15) is 53.2 Å². The Balaban J connectivity index is 1.37. The number of hydrogen-bond donors (Lipinski definition) is 0. The summed E-state index contributed by atoms with van der Waals surface area (Å²) in [5, 5.41) is 1.73. The van der Waals surface area contributed by atoms with Crippen molar-refractivity contribution >= 4 is 44.1 Å². The van der Waals surface area contributed by atoms with E-state index in [2.05, 4.69) is 30.0 Å². The average Bonchev–Trinajstić information content (AvgIpc) is 3.15. The summed E-state index contributed by atoms with van der Waals surface area (Å²) in [5.74, 6) is 0.849. The zero-order valence-corrected chi connectivity index (χ0v) is 19.1. The molecule has 0 radical (unpaired) electrons. The fourth-order valence-electron chi connectivity index (χ4n) is 4.70. The molecule has 6 heteroatoms. The Labute approximate surface area is 185 Å². The number of ketones is 1. The van der Waals surface area contributed by atoms with Gasteiger partial charge in [-0.15, -0.1) is 0 Å². The predicted molar refractivity (Wildman–Crippen MR) is 124 cm³/mol. The van der Waals surface area contributed by atoms with E-state index in [0.717, 1.165) is 54.1 Å². The van der Waals surface area contributed by atoms with Crippen molar-refractivity contribution in [2.45, 2.75) is 52.1 Å². The highest BCUT2D eigenvalue weighted by Crippen LogP contribution is 2.44. The molecular weight excluding hydrogens is 416 g/mol. The fourth-order valence-corrected chi connectivity index (χ4v) is 5.93. The first kappa shape index (κ1) is 19.8. The predicted octanol–water partition coefficient (Wildman–Crippen LogP) is 6.13. The number of ether oxygens (including phenoxy) is 1. The summed E-state index contributed by atoms with van der Waals surface area (Å²) in [5.41, 5.74) is 4.44. The van der Waals surface area contributed by atoms with Gasteiger partial charge in [0, 0.05) is 31.0 Å². The number of fused-ring (bicyclic) bond motifs is 2. The lowest BCUT2D eigenvalue weighted by Gasteiger charge is -2.44. The Bertz CT molecular complexity index is 1160. The SMILES string of the molecule is CCc1ccc2nc(N3CCC4(CC3)CC(=O)c3c(cc(C)c(Cl)c3C)O4)sc2c1. The summed E-state index contributed by atoms with van der Waals surface area (Å²) in [6.45, 7) is 7.73. The van der Waals surface area contributed by atoms with Crippen LogP contribution in [0, 0.1) is 13.8 Å². The van der Waals surface area contributed by atoms with Gasteiger partial charge < -0.3 is 9.64 Å². The molecule has 0 bridgehead atoms. The van der Waals surface area contributed by atoms with Crippen LogP contribution in [-0.4, -0.2) is 29.5 Å². The van der Waals surface area contributed by atoms with E-state index in [1.165, 1.54) is 10.3 Å². The van der Waals surface area contributed by atoms with Crippen molar-refractivity contribution in [1.29, 1.82) is 0 Å². The van der Waals surface area contributed by atoms with Gasteiger partial charge in [-0.2, -0.15) is 0 Å². The molecule has 3 aromatic rings. The van der Waals surface area contributed by atoms with Gasteiger partial charge in [-0.1, -0.05) is 35.9 Å². The lowest BCUT2D eigenvalue weighted by Crippen LogP contribution is -2.51. The summed E-state index contributed by atoms with van der Waals surface area (Å²) < 4.78 is 7.74. The molecule has 30 heavy (non-hydrogen) atoms. The minimum absolute atomic E-state index is 0.149. The molecule has 2 aliphatic rings. The quantitative estimate of drug-likeness (QED) is 0.480. The topological polar surface area (TPSA) is 42.4 Å². The molecule has 0 aliphatic carbocycles. The molecule has 3 heterocycles. The number of hydrogen-bond acceptors (Lipinski definition) is 5. The molecule has 4 nitrogen and oxygen atoms in total. The maximum atomic E-state index is 13.0. The molecule has 1 fully saturated rings. The van der Waals surface area contributed by atoms with E-state index >= 15 is 0 Å². The maximum absolute atomic E-state index is 13.0. The molecule has 156 valence electrons. The normalized spacial score (nSPS) is 18.0. The third-order valence-electron chi connectivity index (χ3n) is 6.53. The number of piperidine rings is 1. The molecule has 0 atom stereocenters. The molecule has 5 rings (SSSR count). The minimum Gasteiger partial charge on any atom is -0.486 e. The second kappa shape index (κ2) is 7.24. The molecule has 1 saturated heterocycles. The first-order valence-electron chi connectivity index (χ1n) is 10.6. The summed E-state index contributed by atoms with van der Waals surface area (Å²) >= 11 is 8.13. The van der Waals surface area contributed by atoms with Gasteiger partial charge >= 0.3 is 0 Å². The largest absolute Gasteiger partial charge is 0.486 e. The van der Waals surface area contributed by atoms with E-state index in [9.17, 15) is 4.79 Å². The standard InChI is InChI=1S/C24H25ClN2O2S/c1-4-16-5-6-17-20(12-16)30-23(26-17)27-9-7-24(8-10-27)13-18(28)21-15(3)22(25)14(2)11-19(21)29-24/h5-6,11-12H,4,7-10,13H2,1-3H3. The van der Waals surface area contributed by atoms with Gasteiger partial charge in [-0.3, -0.25) is 4.79 Å². The smallest absolute Gasteiger partial charge is 0.186 e. The van der Waals surface area contributed by atoms with Crippen molar-refractivity contribution < 1.29 is 9.53 Å². The van der Waals surface area contributed by atoms with Gasteiger partial charge in [0.05, 0.1) is 22.2 Å². The summed E-state index contributed by atoms with van der Waals surface area (Å²) in [6.07, 6.45) is 3.09. The van der Waals surface area contributed by atoms with Gasteiger partial charge in [0.25, 0.3) is 0 Å². The Morgan fingerprint density at radius 1 is 1.23 bits per heavy atom. The Morgan fingerprint density at radius 3 is 2.73 bits per heavy atom. The zero-order valence-electron chi connectivity index (χ0n) is 17.5. The number of carbonyl (C=O) groups excluding carboxylic acids is 1. The van der Waals surface area contributed by atoms with Crippen molar-refractivity contribution in [3.05, 3.63) is 51.5 Å². The highest BCUT2D eigenvalue weighted by Gasteiger charge is 2.44. The van der Waals surface area contributed by atoms with Crippen LogP contribution in [0.3, 0.4) is 0 Å². The number of benzene rings is 2. The monoisotopic (exact) mass is 440 g/mol. The molecule has 2 aliphatic heterocycles. The number of rotatable bonds is 2. The number of halogens is 1. The first-order valence-corrected chi connectivity index (χ1v) is 11.7. The van der Waals surface area contributed by atoms with E-state index in [4.69, 9.17) is 21.3 Å². The number of anilines is 1. The van der Waals surface area contributed by atoms with Crippen molar-refractivity contribution in [1.82, 2.24) is 4.98 Å². The van der Waals surface area contributed by atoms with Gasteiger partial charge in [0.1, 0.15) is 11.4 Å². The van der Waals surface area contributed by atoms with Crippen LogP contribution < -0.4 is 9.64 Å². The number of aryl methyl sites for hydroxylation is 2. The van der Waals surface area contributed by atoms with Crippen LogP contribution in [0.5, 0.6) is 5.75 Å². The summed E-state index contributed by atoms with van der Waals surface area (Å²) in [4.78, 5) is 20.2. The molecule has 0 amide bonds. The van der Waals surface area contributed by atoms with E-state index in [1.54, 1.807) is 11.3 Å². The molecule has 0 unspecified atom stereocenters.